The average molecular weight is 437 g/mol. The summed E-state index contributed by atoms with van der Waals surface area (Å²) in [6.07, 6.45) is 0. The van der Waals surface area contributed by atoms with Crippen molar-refractivity contribution in [1.29, 1.82) is 0 Å². The Kier molecular flexibility index (Phi) is 7.29. The smallest absolute Gasteiger partial charge is 0.341 e. The van der Waals surface area contributed by atoms with E-state index in [9.17, 15) is 14.4 Å². The first-order valence-corrected chi connectivity index (χ1v) is 9.52. The molecule has 0 radical (unpaired) electrons. The summed E-state index contributed by atoms with van der Waals surface area (Å²) in [6.45, 7) is 3.69. The third kappa shape index (κ3) is 4.90. The molecular formula is C19H20N2O6S2. The van der Waals surface area contributed by atoms with Crippen molar-refractivity contribution in [3.05, 3.63) is 45.3 Å². The van der Waals surface area contributed by atoms with Gasteiger partial charge >= 0.3 is 17.9 Å². The molecule has 0 saturated heterocycles. The number of thiophene rings is 1. The van der Waals surface area contributed by atoms with Gasteiger partial charge in [-0.05, 0) is 49.8 Å². The highest BCUT2D eigenvalue weighted by Gasteiger charge is 2.22. The van der Waals surface area contributed by atoms with Crippen molar-refractivity contribution in [2.75, 3.05) is 32.0 Å². The van der Waals surface area contributed by atoms with E-state index in [2.05, 4.69) is 10.6 Å². The first-order valence-electron chi connectivity index (χ1n) is 8.30. The number of esters is 3. The van der Waals surface area contributed by atoms with Gasteiger partial charge in [-0.15, -0.1) is 11.3 Å². The fraction of sp³-hybridized carbons (Fsp3) is 0.263. The van der Waals surface area contributed by atoms with Crippen LogP contribution in [0.3, 0.4) is 0 Å². The molecular weight excluding hydrogens is 416 g/mol. The average Bonchev–Trinajstić information content (AvgIpc) is 2.99. The largest absolute Gasteiger partial charge is 0.465 e. The van der Waals surface area contributed by atoms with Crippen molar-refractivity contribution in [3.63, 3.8) is 0 Å². The maximum absolute atomic E-state index is 12.1. The van der Waals surface area contributed by atoms with Crippen molar-refractivity contribution in [3.8, 4) is 0 Å². The van der Waals surface area contributed by atoms with E-state index >= 15 is 0 Å². The second-order valence-electron chi connectivity index (χ2n) is 5.80. The van der Waals surface area contributed by atoms with E-state index in [-0.39, 0.29) is 21.9 Å². The standard InChI is InChI=1S/C19H20N2O6S2/c1-9-10(2)29-15(14(9)18(24)27-5)21-19(28)20-13-8-11(16(22)25-3)6-7-12(13)17(23)26-4/h6-8H,1-5H3,(H2,20,21,28). The molecule has 0 unspecified atom stereocenters. The molecule has 0 bridgehead atoms. The number of methoxy groups -OCH3 is 3. The lowest BCUT2D eigenvalue weighted by molar-refractivity contribution is 0.0587. The number of benzene rings is 1. The summed E-state index contributed by atoms with van der Waals surface area (Å²) in [4.78, 5) is 36.9. The molecule has 1 aromatic carbocycles. The summed E-state index contributed by atoms with van der Waals surface area (Å²) in [5.74, 6) is -1.66. The van der Waals surface area contributed by atoms with E-state index in [1.54, 1.807) is 0 Å². The van der Waals surface area contributed by atoms with Gasteiger partial charge in [0.15, 0.2) is 5.11 Å². The number of thiocarbonyl (C=S) groups is 1. The first kappa shape index (κ1) is 22.3. The van der Waals surface area contributed by atoms with Gasteiger partial charge in [-0.1, -0.05) is 0 Å². The molecule has 2 rings (SSSR count). The number of carbonyl (C=O) groups excluding carboxylic acids is 3. The topological polar surface area (TPSA) is 103 Å². The molecule has 0 amide bonds. The molecule has 0 saturated carbocycles. The predicted molar refractivity (Wildman–Crippen MR) is 114 cm³/mol. The van der Waals surface area contributed by atoms with E-state index in [1.807, 2.05) is 13.8 Å². The van der Waals surface area contributed by atoms with Crippen LogP contribution in [0.4, 0.5) is 10.7 Å². The highest BCUT2D eigenvalue weighted by Crippen LogP contribution is 2.33. The van der Waals surface area contributed by atoms with Gasteiger partial charge in [-0.25, -0.2) is 14.4 Å². The lowest BCUT2D eigenvalue weighted by Gasteiger charge is -2.14. The zero-order valence-corrected chi connectivity index (χ0v) is 18.1. The van der Waals surface area contributed by atoms with Crippen molar-refractivity contribution in [2.45, 2.75) is 13.8 Å². The normalized spacial score (nSPS) is 10.1. The van der Waals surface area contributed by atoms with Crippen molar-refractivity contribution in [1.82, 2.24) is 0 Å². The van der Waals surface area contributed by atoms with Gasteiger partial charge in [0.2, 0.25) is 0 Å². The minimum Gasteiger partial charge on any atom is -0.465 e. The van der Waals surface area contributed by atoms with Gasteiger partial charge < -0.3 is 24.8 Å². The number of rotatable bonds is 5. The van der Waals surface area contributed by atoms with E-state index in [0.717, 1.165) is 10.4 Å². The first-order chi connectivity index (χ1) is 13.7. The Hall–Kier alpha value is -2.98. The van der Waals surface area contributed by atoms with Gasteiger partial charge in [0.05, 0.1) is 43.7 Å². The lowest BCUT2D eigenvalue weighted by atomic mass is 10.1. The van der Waals surface area contributed by atoms with Crippen LogP contribution in [0.25, 0.3) is 0 Å². The van der Waals surface area contributed by atoms with Crippen LogP contribution in [0.2, 0.25) is 0 Å². The molecule has 0 spiro atoms. The molecule has 29 heavy (non-hydrogen) atoms. The zero-order chi connectivity index (χ0) is 21.7. The molecule has 0 aliphatic heterocycles. The number of hydrogen-bond acceptors (Lipinski definition) is 8. The molecule has 0 fully saturated rings. The Morgan fingerprint density at radius 3 is 2.14 bits per heavy atom. The van der Waals surface area contributed by atoms with Crippen molar-refractivity contribution >= 4 is 57.3 Å². The number of nitrogens with one attached hydrogen (secondary N) is 2. The van der Waals surface area contributed by atoms with Crippen LogP contribution in [0, 0.1) is 13.8 Å². The van der Waals surface area contributed by atoms with Crippen LogP contribution in [-0.4, -0.2) is 44.3 Å². The number of ether oxygens (including phenoxy) is 3. The molecule has 8 nitrogen and oxygen atoms in total. The molecule has 1 heterocycles. The monoisotopic (exact) mass is 436 g/mol. The minimum absolute atomic E-state index is 0.114. The fourth-order valence-electron chi connectivity index (χ4n) is 2.50. The number of hydrogen-bond donors (Lipinski definition) is 2. The molecule has 0 aliphatic rings. The van der Waals surface area contributed by atoms with Crippen LogP contribution < -0.4 is 10.6 Å². The minimum atomic E-state index is -0.607. The maximum Gasteiger partial charge on any atom is 0.341 e. The zero-order valence-electron chi connectivity index (χ0n) is 16.5. The maximum atomic E-state index is 12.1. The van der Waals surface area contributed by atoms with E-state index in [4.69, 9.17) is 26.4 Å². The second kappa shape index (κ2) is 9.48. The van der Waals surface area contributed by atoms with Crippen LogP contribution in [0.5, 0.6) is 0 Å². The van der Waals surface area contributed by atoms with Crippen LogP contribution in [-0.2, 0) is 14.2 Å². The van der Waals surface area contributed by atoms with Gasteiger partial charge in [0.1, 0.15) is 5.00 Å². The molecule has 0 aliphatic carbocycles. The summed E-state index contributed by atoms with van der Waals surface area (Å²) in [5.41, 5.74) is 1.83. The van der Waals surface area contributed by atoms with E-state index < -0.39 is 17.9 Å². The lowest BCUT2D eigenvalue weighted by Crippen LogP contribution is -2.22. The van der Waals surface area contributed by atoms with Crippen LogP contribution in [0.1, 0.15) is 41.5 Å². The van der Waals surface area contributed by atoms with Crippen LogP contribution in [0.15, 0.2) is 18.2 Å². The van der Waals surface area contributed by atoms with Crippen LogP contribution >= 0.6 is 23.6 Å². The van der Waals surface area contributed by atoms with Crippen molar-refractivity contribution < 1.29 is 28.6 Å². The molecule has 2 aromatic rings. The Morgan fingerprint density at radius 2 is 1.55 bits per heavy atom. The second-order valence-corrected chi connectivity index (χ2v) is 7.43. The molecule has 154 valence electrons. The SMILES string of the molecule is COC(=O)c1ccc(C(=O)OC)c(NC(=S)Nc2sc(C)c(C)c2C(=O)OC)c1. The Morgan fingerprint density at radius 1 is 0.931 bits per heavy atom. The molecule has 0 atom stereocenters. The summed E-state index contributed by atoms with van der Waals surface area (Å²) in [6, 6.07) is 4.31. The summed E-state index contributed by atoms with van der Waals surface area (Å²) < 4.78 is 14.3. The number of anilines is 2. The third-order valence-electron chi connectivity index (χ3n) is 4.10. The quantitative estimate of drug-likeness (QED) is 0.414. The van der Waals surface area contributed by atoms with E-state index in [1.165, 1.54) is 50.9 Å². The van der Waals surface area contributed by atoms with Gasteiger partial charge in [-0.2, -0.15) is 0 Å². The molecule has 10 heteroatoms. The number of carbonyl (C=O) groups is 3. The highest BCUT2D eigenvalue weighted by molar-refractivity contribution is 7.80. The van der Waals surface area contributed by atoms with Gasteiger partial charge in [-0.3, -0.25) is 0 Å². The van der Waals surface area contributed by atoms with E-state index in [0.29, 0.717) is 10.6 Å². The molecule has 1 aromatic heterocycles. The summed E-state index contributed by atoms with van der Waals surface area (Å²) in [5, 5.41) is 6.45. The summed E-state index contributed by atoms with van der Waals surface area (Å²) >= 11 is 6.68. The predicted octanol–water partition coefficient (Wildman–Crippen LogP) is 3.53. The summed E-state index contributed by atoms with van der Waals surface area (Å²) in [7, 11) is 3.80. The highest BCUT2D eigenvalue weighted by atomic mass is 32.1. The van der Waals surface area contributed by atoms with Crippen molar-refractivity contribution in [2.24, 2.45) is 0 Å². The Balaban J connectivity index is 2.35. The third-order valence-corrected chi connectivity index (χ3v) is 5.42. The molecule has 2 N–H and O–H groups in total. The number of aryl methyl sites for hydroxylation is 1. The van der Waals surface area contributed by atoms with Gasteiger partial charge in [0, 0.05) is 4.88 Å². The fourth-order valence-corrected chi connectivity index (χ4v) is 3.83. The Bertz CT molecular complexity index is 983. The Labute approximate surface area is 177 Å². The van der Waals surface area contributed by atoms with Gasteiger partial charge in [0.25, 0.3) is 0 Å².